The molecule has 1 aliphatic rings. The number of hydrogen-bond acceptors (Lipinski definition) is 1. The highest BCUT2D eigenvalue weighted by Gasteiger charge is 2.29. The van der Waals surface area contributed by atoms with Gasteiger partial charge in [0.1, 0.15) is 0 Å². The van der Waals surface area contributed by atoms with E-state index in [1.165, 1.54) is 19.5 Å². The summed E-state index contributed by atoms with van der Waals surface area (Å²) in [6.07, 6.45) is 1.28. The van der Waals surface area contributed by atoms with E-state index in [1.54, 1.807) is 0 Å². The Kier molecular flexibility index (Phi) is 4.02. The van der Waals surface area contributed by atoms with Crippen molar-refractivity contribution in [2.75, 3.05) is 26.2 Å². The molecule has 2 atom stereocenters. The van der Waals surface area contributed by atoms with Crippen LogP contribution in [0.4, 0.5) is 0 Å². The van der Waals surface area contributed by atoms with Crippen molar-refractivity contribution in [3.63, 3.8) is 0 Å². The van der Waals surface area contributed by atoms with Crippen molar-refractivity contribution in [1.29, 1.82) is 0 Å². The Morgan fingerprint density at radius 3 is 2.33 bits per heavy atom. The topological polar surface area (TPSA) is 17.3 Å². The third kappa shape index (κ3) is 1.99. The zero-order chi connectivity index (χ0) is 8.97. The number of rotatable bonds is 4. The average molecular weight is 169 g/mol. The Balaban J connectivity index is 2.47. The summed E-state index contributed by atoms with van der Waals surface area (Å²) >= 11 is 0. The molecule has 2 heteroatoms. The van der Waals surface area contributed by atoms with E-state index in [0.29, 0.717) is 0 Å². The van der Waals surface area contributed by atoms with Gasteiger partial charge in [0, 0.05) is 19.1 Å². The molecule has 0 saturated carbocycles. The highest BCUT2D eigenvalue weighted by molar-refractivity contribution is 4.86. The molecule has 0 aromatic heterocycles. The van der Waals surface area contributed by atoms with Crippen molar-refractivity contribution in [3.8, 4) is 0 Å². The van der Waals surface area contributed by atoms with Crippen molar-refractivity contribution in [2.45, 2.75) is 33.2 Å². The van der Waals surface area contributed by atoms with E-state index in [-0.39, 0.29) is 0 Å². The summed E-state index contributed by atoms with van der Waals surface area (Å²) in [5, 5.41) is 4.49. The molecule has 1 aliphatic heterocycles. The van der Waals surface area contributed by atoms with Crippen molar-refractivity contribution < 1.29 is 0 Å². The van der Waals surface area contributed by atoms with Crippen LogP contribution in [0.1, 0.15) is 27.2 Å². The Bertz CT molecular complexity index is 121. The highest BCUT2D eigenvalue weighted by atomic mass is 15.2. The standard InChI is InChI=1S/C10H21N2/c1-4-9-7-11-8-10(9)12(5-2)6-3/h9-10H,4-8H2,1-3H3. The van der Waals surface area contributed by atoms with Gasteiger partial charge in [-0.25, -0.2) is 5.32 Å². The maximum atomic E-state index is 4.49. The van der Waals surface area contributed by atoms with Gasteiger partial charge in [0.25, 0.3) is 0 Å². The fourth-order valence-electron chi connectivity index (χ4n) is 2.15. The lowest BCUT2D eigenvalue weighted by Gasteiger charge is -2.29. The molecule has 1 rings (SSSR count). The van der Waals surface area contributed by atoms with E-state index in [0.717, 1.165) is 25.0 Å². The lowest BCUT2D eigenvalue weighted by Crippen LogP contribution is -2.40. The molecule has 0 N–H and O–H groups in total. The van der Waals surface area contributed by atoms with Gasteiger partial charge in [0.15, 0.2) is 0 Å². The zero-order valence-corrected chi connectivity index (χ0v) is 8.58. The van der Waals surface area contributed by atoms with Crippen LogP contribution in [0.15, 0.2) is 0 Å². The van der Waals surface area contributed by atoms with E-state index < -0.39 is 0 Å². The molecule has 12 heavy (non-hydrogen) atoms. The van der Waals surface area contributed by atoms with Crippen LogP contribution < -0.4 is 5.32 Å². The van der Waals surface area contributed by atoms with Crippen molar-refractivity contribution in [2.24, 2.45) is 5.92 Å². The summed E-state index contributed by atoms with van der Waals surface area (Å²) < 4.78 is 0. The molecule has 1 heterocycles. The van der Waals surface area contributed by atoms with E-state index in [2.05, 4.69) is 31.0 Å². The van der Waals surface area contributed by atoms with Crippen LogP contribution in [0.2, 0.25) is 0 Å². The van der Waals surface area contributed by atoms with Gasteiger partial charge in [-0.1, -0.05) is 27.2 Å². The van der Waals surface area contributed by atoms with Crippen LogP contribution in [-0.4, -0.2) is 37.1 Å². The summed E-state index contributed by atoms with van der Waals surface area (Å²) in [5.74, 6) is 0.824. The Morgan fingerprint density at radius 1 is 1.17 bits per heavy atom. The molecule has 1 saturated heterocycles. The first kappa shape index (κ1) is 10.0. The summed E-state index contributed by atoms with van der Waals surface area (Å²) in [6, 6.07) is 0.741. The van der Waals surface area contributed by atoms with Crippen LogP contribution in [0.5, 0.6) is 0 Å². The van der Waals surface area contributed by atoms with E-state index >= 15 is 0 Å². The Morgan fingerprint density at radius 2 is 1.83 bits per heavy atom. The summed E-state index contributed by atoms with van der Waals surface area (Å²) in [6.45, 7) is 11.3. The summed E-state index contributed by atoms with van der Waals surface area (Å²) in [4.78, 5) is 2.55. The van der Waals surface area contributed by atoms with E-state index in [1.807, 2.05) is 0 Å². The molecule has 0 aliphatic carbocycles. The van der Waals surface area contributed by atoms with Gasteiger partial charge < -0.3 is 0 Å². The van der Waals surface area contributed by atoms with E-state index in [9.17, 15) is 0 Å². The molecule has 0 amide bonds. The fourth-order valence-corrected chi connectivity index (χ4v) is 2.15. The SMILES string of the molecule is CCC1C[N]CC1N(CC)CC. The van der Waals surface area contributed by atoms with Gasteiger partial charge in [-0.2, -0.15) is 0 Å². The predicted octanol–water partition coefficient (Wildman–Crippen LogP) is 1.34. The normalized spacial score (nSPS) is 30.0. The Hall–Kier alpha value is -0.0800. The second-order valence-corrected chi connectivity index (χ2v) is 3.55. The maximum Gasteiger partial charge on any atom is 0.0293 e. The molecular formula is C10H21N2. The van der Waals surface area contributed by atoms with Crippen LogP contribution in [0.3, 0.4) is 0 Å². The lowest BCUT2D eigenvalue weighted by molar-refractivity contribution is 0.187. The molecule has 0 aromatic carbocycles. The zero-order valence-electron chi connectivity index (χ0n) is 8.58. The third-order valence-electron chi connectivity index (χ3n) is 3.03. The molecule has 0 aromatic rings. The van der Waals surface area contributed by atoms with Gasteiger partial charge in [-0.3, -0.25) is 4.90 Å². The first-order valence-corrected chi connectivity index (χ1v) is 5.20. The largest absolute Gasteiger partial charge is 0.299 e. The average Bonchev–Trinajstić information content (AvgIpc) is 2.55. The number of nitrogens with zero attached hydrogens (tertiary/aromatic N) is 2. The number of likely N-dealkylation sites (N-methyl/N-ethyl adjacent to an activating group) is 1. The van der Waals surface area contributed by atoms with Crippen LogP contribution in [0, 0.1) is 5.92 Å². The quantitative estimate of drug-likeness (QED) is 0.621. The van der Waals surface area contributed by atoms with Gasteiger partial charge in [0.05, 0.1) is 0 Å². The molecule has 71 valence electrons. The van der Waals surface area contributed by atoms with Crippen molar-refractivity contribution >= 4 is 0 Å². The Labute approximate surface area is 76.3 Å². The van der Waals surface area contributed by atoms with Gasteiger partial charge in [-0.15, -0.1) is 0 Å². The second-order valence-electron chi connectivity index (χ2n) is 3.55. The van der Waals surface area contributed by atoms with Gasteiger partial charge in [0.2, 0.25) is 0 Å². The van der Waals surface area contributed by atoms with Crippen molar-refractivity contribution in [3.05, 3.63) is 0 Å². The molecule has 0 bridgehead atoms. The predicted molar refractivity (Wildman–Crippen MR) is 52.4 cm³/mol. The second kappa shape index (κ2) is 4.83. The van der Waals surface area contributed by atoms with Crippen LogP contribution in [0.25, 0.3) is 0 Å². The number of hydrogen-bond donors (Lipinski definition) is 0. The lowest BCUT2D eigenvalue weighted by atomic mass is 9.99. The summed E-state index contributed by atoms with van der Waals surface area (Å²) in [5.41, 5.74) is 0. The smallest absolute Gasteiger partial charge is 0.0293 e. The molecule has 2 unspecified atom stereocenters. The highest BCUT2D eigenvalue weighted by Crippen LogP contribution is 2.19. The molecule has 2 nitrogen and oxygen atoms in total. The first-order chi connectivity index (χ1) is 5.83. The van der Waals surface area contributed by atoms with Gasteiger partial charge >= 0.3 is 0 Å². The maximum absolute atomic E-state index is 4.49. The van der Waals surface area contributed by atoms with Crippen LogP contribution >= 0.6 is 0 Å². The van der Waals surface area contributed by atoms with E-state index in [4.69, 9.17) is 0 Å². The van der Waals surface area contributed by atoms with Crippen LogP contribution in [-0.2, 0) is 0 Å². The molecule has 1 fully saturated rings. The molecule has 1 radical (unpaired) electrons. The fraction of sp³-hybridized carbons (Fsp3) is 1.00. The third-order valence-corrected chi connectivity index (χ3v) is 3.03. The molecule has 0 spiro atoms. The molecular weight excluding hydrogens is 148 g/mol. The minimum absolute atomic E-state index is 0.741. The minimum Gasteiger partial charge on any atom is -0.299 e. The monoisotopic (exact) mass is 169 g/mol. The summed E-state index contributed by atoms with van der Waals surface area (Å²) in [7, 11) is 0. The van der Waals surface area contributed by atoms with Gasteiger partial charge in [-0.05, 0) is 19.0 Å². The van der Waals surface area contributed by atoms with Crippen molar-refractivity contribution in [1.82, 2.24) is 10.2 Å². The minimum atomic E-state index is 0.741. The first-order valence-electron chi connectivity index (χ1n) is 5.20.